The van der Waals surface area contributed by atoms with Gasteiger partial charge in [-0.1, -0.05) is 30.3 Å². The maximum Gasteiger partial charge on any atom is 0.132 e. The van der Waals surface area contributed by atoms with Gasteiger partial charge in [-0.15, -0.1) is 0 Å². The van der Waals surface area contributed by atoms with Crippen LogP contribution >= 0.6 is 0 Å². The second kappa shape index (κ2) is 5.85. The van der Waals surface area contributed by atoms with E-state index in [2.05, 4.69) is 56.2 Å². The molecule has 0 spiro atoms. The molecule has 1 aliphatic carbocycles. The number of hydrogen-bond donors (Lipinski definition) is 0. The SMILES string of the molecule is c1ccc(CN2CC3CN(c4cc(C5CC5)ncn4)CC3C2)cc1. The van der Waals surface area contributed by atoms with Gasteiger partial charge in [0.2, 0.25) is 0 Å². The van der Waals surface area contributed by atoms with E-state index in [4.69, 9.17) is 0 Å². The number of aromatic nitrogens is 2. The summed E-state index contributed by atoms with van der Waals surface area (Å²) in [7, 11) is 0. The number of rotatable bonds is 4. The fraction of sp³-hybridized carbons (Fsp3) is 0.500. The maximum atomic E-state index is 4.55. The molecule has 1 saturated carbocycles. The highest BCUT2D eigenvalue weighted by Crippen LogP contribution is 2.40. The standard InChI is InChI=1S/C20H24N4/c1-2-4-15(5-3-1)9-23-10-17-12-24(13-18(17)11-23)20-8-19(16-6-7-16)21-14-22-20/h1-5,8,14,16-18H,6-7,9-13H2. The lowest BCUT2D eigenvalue weighted by Gasteiger charge is -2.22. The zero-order chi connectivity index (χ0) is 15.9. The van der Waals surface area contributed by atoms with Crippen LogP contribution in [0.25, 0.3) is 0 Å². The summed E-state index contributed by atoms with van der Waals surface area (Å²) < 4.78 is 0. The van der Waals surface area contributed by atoms with Gasteiger partial charge in [-0.05, 0) is 30.2 Å². The van der Waals surface area contributed by atoms with Gasteiger partial charge in [0, 0.05) is 50.4 Å². The molecule has 4 heteroatoms. The lowest BCUT2D eigenvalue weighted by atomic mass is 10.0. The number of likely N-dealkylation sites (tertiary alicyclic amines) is 1. The third kappa shape index (κ3) is 2.80. The van der Waals surface area contributed by atoms with Crippen molar-refractivity contribution < 1.29 is 0 Å². The molecule has 24 heavy (non-hydrogen) atoms. The van der Waals surface area contributed by atoms with E-state index in [9.17, 15) is 0 Å². The van der Waals surface area contributed by atoms with Crippen LogP contribution in [-0.2, 0) is 6.54 Å². The van der Waals surface area contributed by atoms with Gasteiger partial charge in [-0.25, -0.2) is 9.97 Å². The highest BCUT2D eigenvalue weighted by atomic mass is 15.3. The van der Waals surface area contributed by atoms with E-state index >= 15 is 0 Å². The predicted octanol–water partition coefficient (Wildman–Crippen LogP) is 2.92. The van der Waals surface area contributed by atoms with E-state index in [1.165, 1.54) is 37.2 Å². The lowest BCUT2D eigenvalue weighted by Crippen LogP contribution is -2.29. The number of benzene rings is 1. The Morgan fingerprint density at radius 3 is 2.38 bits per heavy atom. The summed E-state index contributed by atoms with van der Waals surface area (Å²) in [4.78, 5) is 14.1. The van der Waals surface area contributed by atoms with Crippen LogP contribution < -0.4 is 4.90 Å². The van der Waals surface area contributed by atoms with E-state index < -0.39 is 0 Å². The van der Waals surface area contributed by atoms with Gasteiger partial charge < -0.3 is 4.90 Å². The molecule has 2 unspecified atom stereocenters. The van der Waals surface area contributed by atoms with Gasteiger partial charge in [0.05, 0.1) is 0 Å². The Morgan fingerprint density at radius 1 is 0.917 bits per heavy atom. The normalized spacial score (nSPS) is 26.8. The van der Waals surface area contributed by atoms with Crippen molar-refractivity contribution in [2.24, 2.45) is 11.8 Å². The Morgan fingerprint density at radius 2 is 1.67 bits per heavy atom. The van der Waals surface area contributed by atoms with Crippen molar-refractivity contribution >= 4 is 5.82 Å². The summed E-state index contributed by atoms with van der Waals surface area (Å²) in [6.07, 6.45) is 4.37. The zero-order valence-electron chi connectivity index (χ0n) is 14.0. The Hall–Kier alpha value is -1.94. The summed E-state index contributed by atoms with van der Waals surface area (Å²) in [6, 6.07) is 13.1. The van der Waals surface area contributed by atoms with Crippen molar-refractivity contribution in [1.82, 2.24) is 14.9 Å². The van der Waals surface area contributed by atoms with Crippen LogP contribution in [0.1, 0.15) is 30.0 Å². The van der Waals surface area contributed by atoms with Gasteiger partial charge in [-0.3, -0.25) is 4.90 Å². The zero-order valence-corrected chi connectivity index (χ0v) is 14.0. The van der Waals surface area contributed by atoms with Crippen molar-refractivity contribution in [3.63, 3.8) is 0 Å². The van der Waals surface area contributed by atoms with E-state index in [-0.39, 0.29) is 0 Å². The second-order valence-electron chi connectivity index (χ2n) is 7.68. The first-order valence-corrected chi connectivity index (χ1v) is 9.18. The minimum absolute atomic E-state index is 0.704. The van der Waals surface area contributed by atoms with Crippen LogP contribution in [0.4, 0.5) is 5.82 Å². The van der Waals surface area contributed by atoms with Crippen molar-refractivity contribution in [3.05, 3.63) is 54.0 Å². The third-order valence-electron chi connectivity index (χ3n) is 5.80. The van der Waals surface area contributed by atoms with Crippen molar-refractivity contribution in [1.29, 1.82) is 0 Å². The van der Waals surface area contributed by atoms with Gasteiger partial charge in [-0.2, -0.15) is 0 Å². The number of anilines is 1. The number of fused-ring (bicyclic) bond motifs is 1. The van der Waals surface area contributed by atoms with Crippen LogP contribution in [-0.4, -0.2) is 41.0 Å². The molecule has 4 nitrogen and oxygen atoms in total. The molecule has 2 atom stereocenters. The monoisotopic (exact) mass is 320 g/mol. The molecule has 2 saturated heterocycles. The van der Waals surface area contributed by atoms with Crippen LogP contribution in [0.2, 0.25) is 0 Å². The number of hydrogen-bond acceptors (Lipinski definition) is 4. The molecule has 1 aromatic heterocycles. The first-order valence-electron chi connectivity index (χ1n) is 9.18. The molecule has 5 rings (SSSR count). The highest BCUT2D eigenvalue weighted by Gasteiger charge is 2.40. The van der Waals surface area contributed by atoms with Crippen LogP contribution in [0.15, 0.2) is 42.7 Å². The topological polar surface area (TPSA) is 32.3 Å². The number of nitrogens with zero attached hydrogens (tertiary/aromatic N) is 4. The molecule has 3 fully saturated rings. The summed E-state index contributed by atoms with van der Waals surface area (Å²) in [6.45, 7) is 5.83. The molecule has 0 N–H and O–H groups in total. The largest absolute Gasteiger partial charge is 0.356 e. The molecule has 2 aromatic rings. The average Bonchev–Trinajstić information content (AvgIpc) is 3.29. The van der Waals surface area contributed by atoms with Crippen molar-refractivity contribution in [2.45, 2.75) is 25.3 Å². The fourth-order valence-corrected chi connectivity index (χ4v) is 4.38. The molecule has 0 radical (unpaired) electrons. The van der Waals surface area contributed by atoms with Gasteiger partial charge >= 0.3 is 0 Å². The molecule has 1 aromatic carbocycles. The molecule has 3 heterocycles. The first-order chi connectivity index (χ1) is 11.8. The molecule has 3 aliphatic rings. The van der Waals surface area contributed by atoms with E-state index in [0.717, 1.165) is 37.3 Å². The first kappa shape index (κ1) is 14.4. The van der Waals surface area contributed by atoms with Gasteiger partial charge in [0.25, 0.3) is 0 Å². The van der Waals surface area contributed by atoms with Crippen LogP contribution in [0.3, 0.4) is 0 Å². The highest BCUT2D eigenvalue weighted by molar-refractivity contribution is 5.42. The Bertz CT molecular complexity index is 699. The summed E-state index contributed by atoms with van der Waals surface area (Å²) in [5, 5.41) is 0. The molecular weight excluding hydrogens is 296 g/mol. The molecule has 2 aliphatic heterocycles. The van der Waals surface area contributed by atoms with Crippen molar-refractivity contribution in [2.75, 3.05) is 31.1 Å². The van der Waals surface area contributed by atoms with Gasteiger partial charge in [0.15, 0.2) is 0 Å². The summed E-state index contributed by atoms with van der Waals surface area (Å²) >= 11 is 0. The quantitative estimate of drug-likeness (QED) is 0.867. The van der Waals surface area contributed by atoms with Crippen LogP contribution in [0.5, 0.6) is 0 Å². The summed E-state index contributed by atoms with van der Waals surface area (Å²) in [5.74, 6) is 3.42. The molecular formula is C20H24N4. The molecule has 0 amide bonds. The Balaban J connectivity index is 1.23. The molecule has 124 valence electrons. The lowest BCUT2D eigenvalue weighted by molar-refractivity contribution is 0.309. The van der Waals surface area contributed by atoms with E-state index in [1.807, 2.05) is 0 Å². The minimum atomic E-state index is 0.704. The smallest absolute Gasteiger partial charge is 0.132 e. The van der Waals surface area contributed by atoms with E-state index in [0.29, 0.717) is 5.92 Å². The van der Waals surface area contributed by atoms with Crippen LogP contribution in [0, 0.1) is 11.8 Å². The maximum absolute atomic E-state index is 4.55. The Kier molecular flexibility index (Phi) is 3.51. The fourth-order valence-electron chi connectivity index (χ4n) is 4.38. The minimum Gasteiger partial charge on any atom is -0.356 e. The van der Waals surface area contributed by atoms with Crippen molar-refractivity contribution in [3.8, 4) is 0 Å². The van der Waals surface area contributed by atoms with E-state index in [1.54, 1.807) is 6.33 Å². The Labute approximate surface area is 143 Å². The third-order valence-corrected chi connectivity index (χ3v) is 5.80. The summed E-state index contributed by atoms with van der Waals surface area (Å²) in [5.41, 5.74) is 2.68. The average molecular weight is 320 g/mol. The molecule has 0 bridgehead atoms. The second-order valence-corrected chi connectivity index (χ2v) is 7.68. The van der Waals surface area contributed by atoms with Gasteiger partial charge in [0.1, 0.15) is 12.1 Å². The predicted molar refractivity (Wildman–Crippen MR) is 94.9 cm³/mol.